The standard InChI is InChI=1S/C28H32N2O6/c1-2-3-19-4-9-21(10-5-19)28(33)36-25-11-6-20(7-12-25)8-13-26(31)34-14-15-35-27(32)22-16-23(29)18-24(30)17-22/h2,6-8,11-13,16-19,21H,1,3-5,9-10,14-15,29-30H2. The fraction of sp³-hybridized carbons (Fsp3) is 0.321. The Kier molecular flexibility index (Phi) is 9.68. The maximum Gasteiger partial charge on any atom is 0.338 e. The van der Waals surface area contributed by atoms with E-state index in [0.29, 0.717) is 23.0 Å². The minimum atomic E-state index is -0.609. The van der Waals surface area contributed by atoms with E-state index in [0.717, 1.165) is 37.7 Å². The largest absolute Gasteiger partial charge is 0.459 e. The maximum atomic E-state index is 12.4. The summed E-state index contributed by atoms with van der Waals surface area (Å²) in [5.74, 6) is -0.365. The number of hydrogen-bond donors (Lipinski definition) is 2. The van der Waals surface area contributed by atoms with Crippen molar-refractivity contribution in [2.24, 2.45) is 11.8 Å². The number of carbonyl (C=O) groups is 3. The summed E-state index contributed by atoms with van der Waals surface area (Å²) in [6, 6.07) is 11.3. The van der Waals surface area contributed by atoms with Crippen molar-refractivity contribution in [3.8, 4) is 5.75 Å². The van der Waals surface area contributed by atoms with Crippen LogP contribution in [-0.4, -0.2) is 31.1 Å². The van der Waals surface area contributed by atoms with Crippen LogP contribution in [-0.2, 0) is 19.1 Å². The van der Waals surface area contributed by atoms with Gasteiger partial charge in [0.2, 0.25) is 0 Å². The van der Waals surface area contributed by atoms with Crippen LogP contribution in [0.25, 0.3) is 6.08 Å². The summed E-state index contributed by atoms with van der Waals surface area (Å²) >= 11 is 0. The van der Waals surface area contributed by atoms with Crippen LogP contribution < -0.4 is 16.2 Å². The molecule has 36 heavy (non-hydrogen) atoms. The molecule has 0 aromatic heterocycles. The Hall–Kier alpha value is -4.07. The predicted molar refractivity (Wildman–Crippen MR) is 138 cm³/mol. The van der Waals surface area contributed by atoms with Crippen molar-refractivity contribution >= 4 is 35.4 Å². The Morgan fingerprint density at radius 2 is 1.56 bits per heavy atom. The number of esters is 3. The monoisotopic (exact) mass is 492 g/mol. The lowest BCUT2D eigenvalue weighted by atomic mass is 9.80. The molecule has 0 aliphatic heterocycles. The third-order valence-corrected chi connectivity index (χ3v) is 5.96. The van der Waals surface area contributed by atoms with E-state index in [1.807, 2.05) is 6.08 Å². The molecule has 1 saturated carbocycles. The van der Waals surface area contributed by atoms with Gasteiger partial charge in [0.25, 0.3) is 0 Å². The SMILES string of the molecule is C=CCC1CCC(C(=O)Oc2ccc(C=CC(=O)OCCOC(=O)c3cc(N)cc(N)c3)cc2)CC1. The minimum Gasteiger partial charge on any atom is -0.459 e. The zero-order chi connectivity index (χ0) is 25.9. The predicted octanol–water partition coefficient (Wildman–Crippen LogP) is 4.55. The molecule has 0 atom stereocenters. The maximum absolute atomic E-state index is 12.4. The number of anilines is 2. The van der Waals surface area contributed by atoms with E-state index in [1.165, 1.54) is 24.3 Å². The average Bonchev–Trinajstić information content (AvgIpc) is 2.86. The molecular formula is C28H32N2O6. The molecule has 0 heterocycles. The summed E-state index contributed by atoms with van der Waals surface area (Å²) in [6.45, 7) is 3.58. The first-order valence-electron chi connectivity index (χ1n) is 11.9. The van der Waals surface area contributed by atoms with Crippen molar-refractivity contribution in [1.29, 1.82) is 0 Å². The van der Waals surface area contributed by atoms with Gasteiger partial charge in [0.05, 0.1) is 11.5 Å². The number of nitrogen functional groups attached to an aromatic ring is 2. The van der Waals surface area contributed by atoms with Gasteiger partial charge in [-0.15, -0.1) is 6.58 Å². The minimum absolute atomic E-state index is 0.0661. The summed E-state index contributed by atoms with van der Waals surface area (Å²) in [4.78, 5) is 36.4. The van der Waals surface area contributed by atoms with E-state index in [1.54, 1.807) is 30.3 Å². The number of nitrogens with two attached hydrogens (primary N) is 2. The molecule has 1 fully saturated rings. The molecule has 3 rings (SSSR count). The molecule has 8 heteroatoms. The third kappa shape index (κ3) is 8.30. The highest BCUT2D eigenvalue weighted by Crippen LogP contribution is 2.32. The second kappa shape index (κ2) is 13.1. The summed E-state index contributed by atoms with van der Waals surface area (Å²) in [6.07, 6.45) is 9.51. The van der Waals surface area contributed by atoms with Crippen molar-refractivity contribution in [2.45, 2.75) is 32.1 Å². The zero-order valence-corrected chi connectivity index (χ0v) is 20.2. The Morgan fingerprint density at radius 3 is 2.19 bits per heavy atom. The molecule has 0 radical (unpaired) electrons. The van der Waals surface area contributed by atoms with Crippen molar-refractivity contribution in [2.75, 3.05) is 24.7 Å². The van der Waals surface area contributed by atoms with Crippen LogP contribution in [0.3, 0.4) is 0 Å². The van der Waals surface area contributed by atoms with E-state index in [4.69, 9.17) is 25.7 Å². The molecule has 1 aliphatic rings. The van der Waals surface area contributed by atoms with Gasteiger partial charge in [-0.2, -0.15) is 0 Å². The van der Waals surface area contributed by atoms with E-state index in [9.17, 15) is 14.4 Å². The van der Waals surface area contributed by atoms with Gasteiger partial charge < -0.3 is 25.7 Å². The molecule has 0 saturated heterocycles. The number of allylic oxidation sites excluding steroid dienone is 1. The number of hydrogen-bond acceptors (Lipinski definition) is 8. The number of benzene rings is 2. The Balaban J connectivity index is 1.37. The van der Waals surface area contributed by atoms with Gasteiger partial charge >= 0.3 is 17.9 Å². The molecule has 2 aromatic carbocycles. The van der Waals surface area contributed by atoms with Crippen LogP contribution in [0.2, 0.25) is 0 Å². The van der Waals surface area contributed by atoms with Crippen molar-refractivity contribution in [3.05, 3.63) is 72.3 Å². The molecular weight excluding hydrogens is 460 g/mol. The lowest BCUT2D eigenvalue weighted by Gasteiger charge is -2.26. The van der Waals surface area contributed by atoms with E-state index in [-0.39, 0.29) is 30.7 Å². The molecule has 0 amide bonds. The lowest BCUT2D eigenvalue weighted by molar-refractivity contribution is -0.140. The fourth-order valence-corrected chi connectivity index (χ4v) is 4.08. The van der Waals surface area contributed by atoms with Crippen molar-refractivity contribution < 1.29 is 28.6 Å². The summed E-state index contributed by atoms with van der Waals surface area (Å²) in [5.41, 5.74) is 13.0. The first-order chi connectivity index (χ1) is 17.3. The first kappa shape index (κ1) is 26.5. The summed E-state index contributed by atoms with van der Waals surface area (Å²) < 4.78 is 15.6. The fourth-order valence-electron chi connectivity index (χ4n) is 4.08. The zero-order valence-electron chi connectivity index (χ0n) is 20.2. The highest BCUT2D eigenvalue weighted by atomic mass is 16.6. The molecule has 0 spiro atoms. The average molecular weight is 493 g/mol. The van der Waals surface area contributed by atoms with Crippen molar-refractivity contribution in [1.82, 2.24) is 0 Å². The van der Waals surface area contributed by atoms with Crippen LogP contribution in [0.5, 0.6) is 5.75 Å². The molecule has 2 aromatic rings. The van der Waals surface area contributed by atoms with Gasteiger partial charge in [-0.1, -0.05) is 18.2 Å². The second-order valence-corrected chi connectivity index (χ2v) is 8.76. The number of rotatable bonds is 10. The second-order valence-electron chi connectivity index (χ2n) is 8.76. The Bertz CT molecular complexity index is 1080. The number of carbonyl (C=O) groups excluding carboxylic acids is 3. The van der Waals surface area contributed by atoms with E-state index in [2.05, 4.69) is 6.58 Å². The molecule has 190 valence electrons. The number of ether oxygens (including phenoxy) is 3. The van der Waals surface area contributed by atoms with Crippen LogP contribution in [0.1, 0.15) is 48.0 Å². The topological polar surface area (TPSA) is 131 Å². The van der Waals surface area contributed by atoms with Gasteiger partial charge in [0, 0.05) is 17.5 Å². The first-order valence-corrected chi connectivity index (χ1v) is 11.9. The highest BCUT2D eigenvalue weighted by Gasteiger charge is 2.27. The van der Waals surface area contributed by atoms with Crippen LogP contribution in [0.15, 0.2) is 61.2 Å². The summed E-state index contributed by atoms with van der Waals surface area (Å²) in [7, 11) is 0. The van der Waals surface area contributed by atoms with E-state index >= 15 is 0 Å². The van der Waals surface area contributed by atoms with Gasteiger partial charge in [-0.25, -0.2) is 9.59 Å². The molecule has 1 aliphatic carbocycles. The quantitative estimate of drug-likeness (QED) is 0.123. The molecule has 0 bridgehead atoms. The molecule has 0 unspecified atom stereocenters. The van der Waals surface area contributed by atoms with Crippen LogP contribution in [0, 0.1) is 11.8 Å². The Labute approximate surface area is 210 Å². The smallest absolute Gasteiger partial charge is 0.338 e. The van der Waals surface area contributed by atoms with Crippen LogP contribution in [0.4, 0.5) is 11.4 Å². The van der Waals surface area contributed by atoms with Crippen molar-refractivity contribution in [3.63, 3.8) is 0 Å². The third-order valence-electron chi connectivity index (χ3n) is 5.96. The van der Waals surface area contributed by atoms with Crippen LogP contribution >= 0.6 is 0 Å². The summed E-state index contributed by atoms with van der Waals surface area (Å²) in [5, 5.41) is 0. The molecule has 4 N–H and O–H groups in total. The lowest BCUT2D eigenvalue weighted by Crippen LogP contribution is -2.25. The molecule has 8 nitrogen and oxygen atoms in total. The van der Waals surface area contributed by atoms with Gasteiger partial charge in [-0.3, -0.25) is 4.79 Å². The normalized spacial score (nSPS) is 17.3. The van der Waals surface area contributed by atoms with Gasteiger partial charge in [0.15, 0.2) is 0 Å². The highest BCUT2D eigenvalue weighted by molar-refractivity contribution is 5.91. The van der Waals surface area contributed by atoms with Gasteiger partial charge in [0.1, 0.15) is 19.0 Å². The van der Waals surface area contributed by atoms with Gasteiger partial charge in [-0.05, 0) is 80.0 Å². The van der Waals surface area contributed by atoms with E-state index < -0.39 is 11.9 Å². The Morgan fingerprint density at radius 1 is 0.917 bits per heavy atom.